The van der Waals surface area contributed by atoms with Crippen molar-refractivity contribution in [2.75, 3.05) is 14.2 Å². The number of hydrogen-bond donors (Lipinski definition) is 1. The monoisotopic (exact) mass is 381 g/mol. The predicted octanol–water partition coefficient (Wildman–Crippen LogP) is 3.55. The van der Waals surface area contributed by atoms with E-state index in [9.17, 15) is 8.42 Å². The molecule has 0 saturated heterocycles. The van der Waals surface area contributed by atoms with Crippen molar-refractivity contribution in [2.45, 2.75) is 11.4 Å². The van der Waals surface area contributed by atoms with Gasteiger partial charge in [-0.25, -0.2) is 13.1 Å². The average Bonchev–Trinajstić information content (AvgIpc) is 2.84. The first-order valence-electron chi connectivity index (χ1n) is 6.03. The van der Waals surface area contributed by atoms with Crippen LogP contribution in [0.2, 0.25) is 8.67 Å². The quantitative estimate of drug-likeness (QED) is 0.830. The van der Waals surface area contributed by atoms with Gasteiger partial charge in [0.25, 0.3) is 0 Å². The van der Waals surface area contributed by atoms with Gasteiger partial charge in [0.2, 0.25) is 10.0 Å². The highest BCUT2D eigenvalue weighted by Gasteiger charge is 2.21. The second-order valence-electron chi connectivity index (χ2n) is 4.19. The van der Waals surface area contributed by atoms with Crippen molar-refractivity contribution >= 4 is 44.6 Å². The molecule has 0 spiro atoms. The van der Waals surface area contributed by atoms with Crippen LogP contribution in [0.25, 0.3) is 0 Å². The van der Waals surface area contributed by atoms with E-state index in [2.05, 4.69) is 4.72 Å². The molecule has 0 aliphatic carbocycles. The van der Waals surface area contributed by atoms with E-state index < -0.39 is 10.0 Å². The summed E-state index contributed by atoms with van der Waals surface area (Å²) in [4.78, 5) is -0.0309. The minimum absolute atomic E-state index is 0.0309. The Kier molecular flexibility index (Phi) is 5.57. The highest BCUT2D eigenvalue weighted by atomic mass is 35.5. The van der Waals surface area contributed by atoms with E-state index in [4.69, 9.17) is 32.7 Å². The van der Waals surface area contributed by atoms with Crippen LogP contribution in [0.5, 0.6) is 11.5 Å². The molecule has 0 aliphatic heterocycles. The summed E-state index contributed by atoms with van der Waals surface area (Å²) < 4.78 is 37.7. The van der Waals surface area contributed by atoms with E-state index in [0.29, 0.717) is 21.4 Å². The minimum Gasteiger partial charge on any atom is -0.497 e. The fourth-order valence-electron chi connectivity index (χ4n) is 1.76. The summed E-state index contributed by atoms with van der Waals surface area (Å²) in [6.45, 7) is 0.0549. The molecule has 1 heterocycles. The number of sulfonamides is 1. The van der Waals surface area contributed by atoms with Gasteiger partial charge in [0.05, 0.1) is 18.6 Å². The van der Waals surface area contributed by atoms with Crippen molar-refractivity contribution in [3.05, 3.63) is 38.5 Å². The van der Waals surface area contributed by atoms with E-state index in [-0.39, 0.29) is 15.8 Å². The molecule has 0 amide bonds. The van der Waals surface area contributed by atoms with Gasteiger partial charge in [0.15, 0.2) is 0 Å². The molecule has 2 rings (SSSR count). The van der Waals surface area contributed by atoms with Crippen LogP contribution < -0.4 is 14.2 Å². The fraction of sp³-hybridized carbons (Fsp3) is 0.231. The van der Waals surface area contributed by atoms with Crippen molar-refractivity contribution in [1.82, 2.24) is 4.72 Å². The SMILES string of the molecule is COc1ccc(CNS(=O)(=O)c2cc(Cl)sc2Cl)c(OC)c1. The molecule has 9 heteroatoms. The van der Waals surface area contributed by atoms with Crippen molar-refractivity contribution in [1.29, 1.82) is 0 Å². The zero-order valence-corrected chi connectivity index (χ0v) is 14.9. The van der Waals surface area contributed by atoms with Crippen LogP contribution in [0.15, 0.2) is 29.2 Å². The number of nitrogens with one attached hydrogen (secondary N) is 1. The Morgan fingerprint density at radius 3 is 2.45 bits per heavy atom. The molecule has 22 heavy (non-hydrogen) atoms. The Labute approximate surface area is 142 Å². The van der Waals surface area contributed by atoms with Gasteiger partial charge in [-0.05, 0) is 12.1 Å². The van der Waals surface area contributed by atoms with Crippen LogP contribution in [0, 0.1) is 0 Å². The number of rotatable bonds is 6. The molecule has 0 fully saturated rings. The number of thiophene rings is 1. The summed E-state index contributed by atoms with van der Waals surface area (Å²) in [6, 6.07) is 6.45. The summed E-state index contributed by atoms with van der Waals surface area (Å²) in [6.07, 6.45) is 0. The van der Waals surface area contributed by atoms with Gasteiger partial charge < -0.3 is 9.47 Å². The molecule has 1 aromatic carbocycles. The van der Waals surface area contributed by atoms with Gasteiger partial charge in [-0.2, -0.15) is 0 Å². The second-order valence-corrected chi connectivity index (χ2v) is 8.21. The number of hydrogen-bond acceptors (Lipinski definition) is 5. The molecule has 0 radical (unpaired) electrons. The third-order valence-electron chi connectivity index (χ3n) is 2.86. The van der Waals surface area contributed by atoms with E-state index in [1.165, 1.54) is 13.2 Å². The van der Waals surface area contributed by atoms with Gasteiger partial charge >= 0.3 is 0 Å². The summed E-state index contributed by atoms with van der Waals surface area (Å²) >= 11 is 12.7. The number of methoxy groups -OCH3 is 2. The first-order chi connectivity index (χ1) is 10.4. The van der Waals surface area contributed by atoms with Gasteiger partial charge in [-0.15, -0.1) is 11.3 Å². The molecule has 1 aromatic heterocycles. The van der Waals surface area contributed by atoms with E-state index >= 15 is 0 Å². The lowest BCUT2D eigenvalue weighted by molar-refractivity contribution is 0.390. The second kappa shape index (κ2) is 7.06. The lowest BCUT2D eigenvalue weighted by atomic mass is 10.2. The van der Waals surface area contributed by atoms with E-state index in [1.54, 1.807) is 25.3 Å². The zero-order valence-electron chi connectivity index (χ0n) is 11.7. The van der Waals surface area contributed by atoms with Gasteiger partial charge in [-0.3, -0.25) is 0 Å². The molecular formula is C13H13Cl2NO4S2. The molecular weight excluding hydrogens is 369 g/mol. The van der Waals surface area contributed by atoms with Crippen LogP contribution in [-0.4, -0.2) is 22.6 Å². The number of ether oxygens (including phenoxy) is 2. The van der Waals surface area contributed by atoms with Crippen molar-refractivity contribution in [3.63, 3.8) is 0 Å². The normalized spacial score (nSPS) is 11.5. The molecule has 1 N–H and O–H groups in total. The van der Waals surface area contributed by atoms with Gasteiger partial charge in [0.1, 0.15) is 20.7 Å². The van der Waals surface area contributed by atoms with Crippen molar-refractivity contribution in [2.24, 2.45) is 0 Å². The molecule has 0 unspecified atom stereocenters. The maximum Gasteiger partial charge on any atom is 0.243 e. The van der Waals surface area contributed by atoms with Gasteiger partial charge in [0, 0.05) is 18.2 Å². The van der Waals surface area contributed by atoms with E-state index in [0.717, 1.165) is 11.3 Å². The molecule has 5 nitrogen and oxygen atoms in total. The van der Waals surface area contributed by atoms with Crippen LogP contribution in [0.1, 0.15) is 5.56 Å². The fourth-order valence-corrected chi connectivity index (χ4v) is 4.91. The lowest BCUT2D eigenvalue weighted by Crippen LogP contribution is -2.23. The summed E-state index contributed by atoms with van der Waals surface area (Å²) in [5.41, 5.74) is 0.671. The summed E-state index contributed by atoms with van der Waals surface area (Å²) in [5, 5.41) is 0. The molecule has 2 aromatic rings. The topological polar surface area (TPSA) is 64.6 Å². The van der Waals surface area contributed by atoms with Crippen LogP contribution in [0.4, 0.5) is 0 Å². The predicted molar refractivity (Wildman–Crippen MR) is 87.9 cm³/mol. The van der Waals surface area contributed by atoms with Crippen LogP contribution >= 0.6 is 34.5 Å². The standard InChI is InChI=1S/C13H13Cl2NO4S2/c1-19-9-4-3-8(10(5-9)20-2)7-16-22(17,18)11-6-12(14)21-13(11)15/h3-6,16H,7H2,1-2H3. The Bertz CT molecular complexity index is 774. The Balaban J connectivity index is 2.20. The van der Waals surface area contributed by atoms with Crippen LogP contribution in [0.3, 0.4) is 0 Å². The lowest BCUT2D eigenvalue weighted by Gasteiger charge is -2.11. The molecule has 120 valence electrons. The first kappa shape index (κ1) is 17.4. The van der Waals surface area contributed by atoms with E-state index in [1.807, 2.05) is 0 Å². The van der Waals surface area contributed by atoms with Crippen molar-refractivity contribution < 1.29 is 17.9 Å². The van der Waals surface area contributed by atoms with Crippen molar-refractivity contribution in [3.8, 4) is 11.5 Å². The maximum absolute atomic E-state index is 12.2. The number of benzene rings is 1. The summed E-state index contributed by atoms with van der Waals surface area (Å²) in [7, 11) is -0.708. The Morgan fingerprint density at radius 1 is 1.18 bits per heavy atom. The third kappa shape index (κ3) is 3.85. The molecule has 0 saturated carbocycles. The third-order valence-corrected chi connectivity index (χ3v) is 6.02. The maximum atomic E-state index is 12.2. The zero-order chi connectivity index (χ0) is 16.3. The Hall–Kier alpha value is -0.990. The minimum atomic E-state index is -3.75. The smallest absolute Gasteiger partial charge is 0.243 e. The molecule has 0 aliphatic rings. The number of halogens is 2. The Morgan fingerprint density at radius 2 is 1.91 bits per heavy atom. The van der Waals surface area contributed by atoms with Gasteiger partial charge in [-0.1, -0.05) is 29.3 Å². The first-order valence-corrected chi connectivity index (χ1v) is 9.08. The summed E-state index contributed by atoms with van der Waals surface area (Å²) in [5.74, 6) is 1.15. The highest BCUT2D eigenvalue weighted by molar-refractivity contribution is 7.89. The molecule has 0 atom stereocenters. The molecule has 0 bridgehead atoms. The van der Waals surface area contributed by atoms with Crippen LogP contribution in [-0.2, 0) is 16.6 Å². The average molecular weight is 382 g/mol. The largest absolute Gasteiger partial charge is 0.497 e. The highest BCUT2D eigenvalue weighted by Crippen LogP contribution is 2.34.